The predicted molar refractivity (Wildman–Crippen MR) is 74.3 cm³/mol. The smallest absolute Gasteiger partial charge is 0.231 e. The van der Waals surface area contributed by atoms with Gasteiger partial charge in [0.1, 0.15) is 0 Å². The van der Waals surface area contributed by atoms with E-state index in [2.05, 4.69) is 29.8 Å². The summed E-state index contributed by atoms with van der Waals surface area (Å²) in [6, 6.07) is 5.94. The number of alkyl halides is 1. The van der Waals surface area contributed by atoms with Gasteiger partial charge in [-0.05, 0) is 29.5 Å². The summed E-state index contributed by atoms with van der Waals surface area (Å²) in [6.45, 7) is 6.15. The molecule has 100 valence electrons. The minimum Gasteiger partial charge on any atom is -0.454 e. The van der Waals surface area contributed by atoms with Crippen molar-refractivity contribution in [3.05, 3.63) is 23.8 Å². The lowest BCUT2D eigenvalue weighted by molar-refractivity contribution is 0.0799. The Morgan fingerprint density at radius 2 is 2.06 bits per heavy atom. The highest BCUT2D eigenvalue weighted by molar-refractivity contribution is 9.09. The molecule has 1 aromatic rings. The number of ether oxygens (including phenoxy) is 3. The van der Waals surface area contributed by atoms with Crippen LogP contribution in [0, 0.1) is 11.8 Å². The number of halogens is 1. The van der Waals surface area contributed by atoms with Crippen molar-refractivity contribution < 1.29 is 14.2 Å². The standard InChI is InChI=1S/C14H19BrO3/c1-10(2)12(6-15)8-16-7-11-3-4-13-14(5-11)18-9-17-13/h3-5,10,12H,6-9H2,1-2H3. The van der Waals surface area contributed by atoms with Gasteiger partial charge in [-0.2, -0.15) is 0 Å². The van der Waals surface area contributed by atoms with E-state index in [-0.39, 0.29) is 0 Å². The number of benzene rings is 1. The number of hydrogen-bond donors (Lipinski definition) is 0. The summed E-state index contributed by atoms with van der Waals surface area (Å²) in [6.07, 6.45) is 0. The van der Waals surface area contributed by atoms with Crippen LogP contribution in [0.15, 0.2) is 18.2 Å². The molecule has 0 saturated heterocycles. The highest BCUT2D eigenvalue weighted by atomic mass is 79.9. The second-order valence-corrected chi connectivity index (χ2v) is 5.51. The Morgan fingerprint density at radius 3 is 2.78 bits per heavy atom. The van der Waals surface area contributed by atoms with E-state index in [9.17, 15) is 0 Å². The van der Waals surface area contributed by atoms with Crippen molar-refractivity contribution >= 4 is 15.9 Å². The van der Waals surface area contributed by atoms with Gasteiger partial charge in [0.25, 0.3) is 0 Å². The molecule has 0 saturated carbocycles. The fourth-order valence-corrected chi connectivity index (χ4v) is 2.71. The van der Waals surface area contributed by atoms with Gasteiger partial charge in [-0.15, -0.1) is 0 Å². The van der Waals surface area contributed by atoms with Crippen molar-refractivity contribution in [1.29, 1.82) is 0 Å². The maximum absolute atomic E-state index is 5.77. The van der Waals surface area contributed by atoms with Crippen molar-refractivity contribution in [3.63, 3.8) is 0 Å². The Labute approximate surface area is 117 Å². The average Bonchev–Trinajstić information content (AvgIpc) is 2.81. The molecule has 18 heavy (non-hydrogen) atoms. The molecule has 0 spiro atoms. The highest BCUT2D eigenvalue weighted by Gasteiger charge is 2.14. The Morgan fingerprint density at radius 1 is 1.28 bits per heavy atom. The van der Waals surface area contributed by atoms with E-state index >= 15 is 0 Å². The summed E-state index contributed by atoms with van der Waals surface area (Å²) in [5, 5.41) is 0.978. The molecule has 3 nitrogen and oxygen atoms in total. The van der Waals surface area contributed by atoms with Gasteiger partial charge in [-0.1, -0.05) is 35.8 Å². The first-order valence-corrected chi connectivity index (χ1v) is 7.35. The van der Waals surface area contributed by atoms with Gasteiger partial charge in [-0.25, -0.2) is 0 Å². The third-order valence-electron chi connectivity index (χ3n) is 3.18. The van der Waals surface area contributed by atoms with Gasteiger partial charge in [0, 0.05) is 5.33 Å². The fraction of sp³-hybridized carbons (Fsp3) is 0.571. The van der Waals surface area contributed by atoms with Crippen LogP contribution in [-0.4, -0.2) is 18.7 Å². The molecule has 0 N–H and O–H groups in total. The van der Waals surface area contributed by atoms with E-state index < -0.39 is 0 Å². The molecule has 1 heterocycles. The zero-order chi connectivity index (χ0) is 13.0. The maximum atomic E-state index is 5.77. The Hall–Kier alpha value is -0.740. The lowest BCUT2D eigenvalue weighted by Crippen LogP contribution is -2.17. The third kappa shape index (κ3) is 3.39. The Kier molecular flexibility index (Phi) is 4.89. The van der Waals surface area contributed by atoms with Crippen LogP contribution >= 0.6 is 15.9 Å². The van der Waals surface area contributed by atoms with Gasteiger partial charge in [0.05, 0.1) is 13.2 Å². The van der Waals surface area contributed by atoms with Crippen LogP contribution in [0.2, 0.25) is 0 Å². The van der Waals surface area contributed by atoms with Gasteiger partial charge >= 0.3 is 0 Å². The fourth-order valence-electron chi connectivity index (χ4n) is 1.77. The monoisotopic (exact) mass is 314 g/mol. The van der Waals surface area contributed by atoms with Crippen LogP contribution in [0.1, 0.15) is 19.4 Å². The highest BCUT2D eigenvalue weighted by Crippen LogP contribution is 2.32. The van der Waals surface area contributed by atoms with Crippen LogP contribution in [0.5, 0.6) is 11.5 Å². The molecule has 1 aliphatic heterocycles. The Balaban J connectivity index is 1.83. The second-order valence-electron chi connectivity index (χ2n) is 4.86. The minimum absolute atomic E-state index is 0.318. The van der Waals surface area contributed by atoms with Gasteiger partial charge in [-0.3, -0.25) is 0 Å². The average molecular weight is 315 g/mol. The second kappa shape index (κ2) is 6.43. The zero-order valence-electron chi connectivity index (χ0n) is 10.8. The van der Waals surface area contributed by atoms with Gasteiger partial charge < -0.3 is 14.2 Å². The molecule has 1 aliphatic rings. The number of rotatable bonds is 6. The number of fused-ring (bicyclic) bond motifs is 1. The molecule has 1 atom stereocenters. The topological polar surface area (TPSA) is 27.7 Å². The molecule has 0 aliphatic carbocycles. The molecule has 0 bridgehead atoms. The summed E-state index contributed by atoms with van der Waals surface area (Å²) in [4.78, 5) is 0. The molecule has 0 aromatic heterocycles. The predicted octanol–water partition coefficient (Wildman–Crippen LogP) is 3.60. The summed E-state index contributed by atoms with van der Waals surface area (Å²) < 4.78 is 16.4. The quantitative estimate of drug-likeness (QED) is 0.751. The SMILES string of the molecule is CC(C)C(CBr)COCc1ccc2c(c1)OCO2. The van der Waals surface area contributed by atoms with E-state index in [1.165, 1.54) is 0 Å². The molecular weight excluding hydrogens is 296 g/mol. The first-order chi connectivity index (χ1) is 8.70. The van der Waals surface area contributed by atoms with Crippen LogP contribution in [0.4, 0.5) is 0 Å². The molecule has 1 aromatic carbocycles. The molecule has 4 heteroatoms. The first-order valence-electron chi connectivity index (χ1n) is 6.23. The maximum Gasteiger partial charge on any atom is 0.231 e. The molecule has 0 amide bonds. The van der Waals surface area contributed by atoms with Crippen LogP contribution < -0.4 is 9.47 Å². The normalized spacial score (nSPS) is 15.1. The van der Waals surface area contributed by atoms with Crippen LogP contribution in [0.3, 0.4) is 0 Å². The van der Waals surface area contributed by atoms with Gasteiger partial charge in [0.15, 0.2) is 11.5 Å². The summed E-state index contributed by atoms with van der Waals surface area (Å²) in [5.41, 5.74) is 1.12. The first kappa shape index (κ1) is 13.7. The molecule has 1 unspecified atom stereocenters. The van der Waals surface area contributed by atoms with Gasteiger partial charge in [0.2, 0.25) is 6.79 Å². The lowest BCUT2D eigenvalue weighted by Gasteiger charge is -2.18. The van der Waals surface area contributed by atoms with E-state index in [1.807, 2.05) is 18.2 Å². The lowest BCUT2D eigenvalue weighted by atomic mass is 9.99. The van der Waals surface area contributed by atoms with Crippen molar-refractivity contribution in [3.8, 4) is 11.5 Å². The van der Waals surface area contributed by atoms with Crippen molar-refractivity contribution in [2.75, 3.05) is 18.7 Å². The number of hydrogen-bond acceptors (Lipinski definition) is 3. The van der Waals surface area contributed by atoms with Crippen molar-refractivity contribution in [1.82, 2.24) is 0 Å². The minimum atomic E-state index is 0.318. The zero-order valence-corrected chi connectivity index (χ0v) is 12.4. The van der Waals surface area contributed by atoms with E-state index in [0.717, 1.165) is 29.0 Å². The van der Waals surface area contributed by atoms with Crippen molar-refractivity contribution in [2.45, 2.75) is 20.5 Å². The summed E-state index contributed by atoms with van der Waals surface area (Å²) >= 11 is 3.53. The molecule has 0 fully saturated rings. The van der Waals surface area contributed by atoms with E-state index in [0.29, 0.717) is 25.2 Å². The molecular formula is C14H19BrO3. The summed E-state index contributed by atoms with van der Waals surface area (Å²) in [7, 11) is 0. The third-order valence-corrected chi connectivity index (χ3v) is 4.01. The van der Waals surface area contributed by atoms with E-state index in [1.54, 1.807) is 0 Å². The molecule has 0 radical (unpaired) electrons. The van der Waals surface area contributed by atoms with Crippen LogP contribution in [-0.2, 0) is 11.3 Å². The van der Waals surface area contributed by atoms with Crippen LogP contribution in [0.25, 0.3) is 0 Å². The largest absolute Gasteiger partial charge is 0.454 e. The van der Waals surface area contributed by atoms with Crippen molar-refractivity contribution in [2.24, 2.45) is 11.8 Å². The molecule has 2 rings (SSSR count). The Bertz CT molecular complexity index is 393. The van der Waals surface area contributed by atoms with E-state index in [4.69, 9.17) is 14.2 Å². The summed E-state index contributed by atoms with van der Waals surface area (Å²) in [5.74, 6) is 2.82.